The lowest BCUT2D eigenvalue weighted by atomic mass is 9.90. The lowest BCUT2D eigenvalue weighted by molar-refractivity contribution is -0.139. The Morgan fingerprint density at radius 2 is 1.11 bits per heavy atom. The normalized spacial score (nSPS) is 22.9. The van der Waals surface area contributed by atoms with Gasteiger partial charge in [-0.1, -0.05) is 87.8 Å². The summed E-state index contributed by atoms with van der Waals surface area (Å²) in [5, 5.41) is 25.4. The van der Waals surface area contributed by atoms with Gasteiger partial charge in [0.15, 0.2) is 5.96 Å². The molecule has 0 aromatic rings. The number of allylic oxidation sites excluding steroid dienone is 2. The molecule has 25 nitrogen and oxygen atoms in total. The van der Waals surface area contributed by atoms with Gasteiger partial charge in [0.25, 0.3) is 0 Å². The summed E-state index contributed by atoms with van der Waals surface area (Å²) in [6.07, 6.45) is 7.79. The number of rotatable bonds is 29. The van der Waals surface area contributed by atoms with Gasteiger partial charge in [-0.2, -0.15) is 0 Å². The van der Waals surface area contributed by atoms with Crippen molar-refractivity contribution in [3.05, 3.63) is 12.2 Å². The minimum atomic E-state index is -1.71. The maximum Gasteiger partial charge on any atom is 0.246 e. The van der Waals surface area contributed by atoms with E-state index in [1.165, 1.54) is 6.92 Å². The Labute approximate surface area is 493 Å². The molecule has 0 unspecified atom stereocenters. The number of unbranched alkanes of at least 4 members (excludes halogenated alkanes) is 1. The van der Waals surface area contributed by atoms with Crippen LogP contribution in [-0.2, 0) is 47.9 Å². The second-order valence-electron chi connectivity index (χ2n) is 24.5. The van der Waals surface area contributed by atoms with Crippen molar-refractivity contribution in [1.82, 2.24) is 47.9 Å². The number of carbonyl (C=O) groups excluding carboxylic acids is 10. The van der Waals surface area contributed by atoms with Crippen LogP contribution in [0.2, 0.25) is 0 Å². The number of aliphatic imine (C=N–C) groups is 1. The van der Waals surface area contributed by atoms with Crippen molar-refractivity contribution in [2.45, 2.75) is 239 Å². The summed E-state index contributed by atoms with van der Waals surface area (Å²) in [5.74, 6) is -7.73. The van der Waals surface area contributed by atoms with Crippen LogP contribution in [0.1, 0.15) is 186 Å². The van der Waals surface area contributed by atoms with Crippen LogP contribution in [0.4, 0.5) is 0 Å². The molecule has 25 heteroatoms. The number of nitrogens with one attached hydrogen (secondary N) is 9. The molecular weight excluding hydrogens is 1070 g/mol. The number of nitrogens with two attached hydrogens (primary N) is 5. The van der Waals surface area contributed by atoms with E-state index < -0.39 is 118 Å². The Kier molecular flexibility index (Phi) is 34.0. The SMILES string of the molecule is CC[C@H](C)[C@@H]1NC(=O)[C@H](CCCN=C(N)N)NC(=O)[C@@](C)(NC(=O)[C@H](CC(C)C)NC(=O)[C@H](CC(C)C)NC(=O)CN)CCC/C=C\CCC[C@@](C)(C(=O)N[C@@H](CC(C)C)C(=O)N[C@@H](CC(C)C)C(N)=O)NC(=O)[C@H](CCCCN)NC1=O. The van der Waals surface area contributed by atoms with Gasteiger partial charge in [-0.25, -0.2) is 0 Å². The van der Waals surface area contributed by atoms with Crippen LogP contribution in [0.25, 0.3) is 0 Å². The highest BCUT2D eigenvalue weighted by molar-refractivity contribution is 6.00. The molecule has 83 heavy (non-hydrogen) atoms. The zero-order chi connectivity index (χ0) is 63.2. The first-order chi connectivity index (χ1) is 38.8. The molecule has 0 fully saturated rings. The minimum absolute atomic E-state index is 0.0115. The first-order valence-corrected chi connectivity index (χ1v) is 30.0. The van der Waals surface area contributed by atoms with E-state index in [1.54, 1.807) is 13.8 Å². The van der Waals surface area contributed by atoms with Crippen LogP contribution < -0.4 is 76.5 Å². The third-order valence-electron chi connectivity index (χ3n) is 14.6. The van der Waals surface area contributed by atoms with Crippen LogP contribution in [0, 0.1) is 29.6 Å². The number of hydrogen-bond acceptors (Lipinski definition) is 13. The van der Waals surface area contributed by atoms with Gasteiger partial charge in [0, 0.05) is 6.54 Å². The molecule has 10 atom stereocenters. The molecule has 474 valence electrons. The van der Waals surface area contributed by atoms with Gasteiger partial charge in [0.05, 0.1) is 6.54 Å². The van der Waals surface area contributed by atoms with Gasteiger partial charge >= 0.3 is 0 Å². The molecule has 0 aromatic heterocycles. The monoisotopic (exact) mass is 1170 g/mol. The molecule has 0 saturated carbocycles. The van der Waals surface area contributed by atoms with Gasteiger partial charge in [0.1, 0.15) is 53.4 Å². The second-order valence-corrected chi connectivity index (χ2v) is 24.5. The Bertz CT molecular complexity index is 2190. The molecule has 1 aliphatic heterocycles. The quantitative estimate of drug-likeness (QED) is 0.0214. The van der Waals surface area contributed by atoms with E-state index in [9.17, 15) is 47.9 Å². The van der Waals surface area contributed by atoms with Crippen LogP contribution >= 0.6 is 0 Å². The third kappa shape index (κ3) is 28.2. The molecule has 0 aliphatic carbocycles. The molecule has 1 rings (SSSR count). The molecular formula is C58H107N15O10. The van der Waals surface area contributed by atoms with Gasteiger partial charge in [-0.05, 0) is 146 Å². The first kappa shape index (κ1) is 74.6. The highest BCUT2D eigenvalue weighted by Crippen LogP contribution is 2.22. The third-order valence-corrected chi connectivity index (χ3v) is 14.6. The van der Waals surface area contributed by atoms with E-state index in [0.717, 1.165) is 0 Å². The second kappa shape index (κ2) is 37.8. The van der Waals surface area contributed by atoms with Crippen molar-refractivity contribution < 1.29 is 47.9 Å². The van der Waals surface area contributed by atoms with E-state index in [2.05, 4.69) is 52.8 Å². The number of nitrogens with zero attached hydrogens (tertiary/aromatic N) is 1. The summed E-state index contributed by atoms with van der Waals surface area (Å²) >= 11 is 0. The Morgan fingerprint density at radius 3 is 1.61 bits per heavy atom. The number of amides is 10. The van der Waals surface area contributed by atoms with E-state index in [-0.39, 0.29) is 107 Å². The van der Waals surface area contributed by atoms with Crippen LogP contribution in [0.15, 0.2) is 17.1 Å². The molecule has 0 spiro atoms. The van der Waals surface area contributed by atoms with Crippen molar-refractivity contribution in [3.8, 4) is 0 Å². The molecule has 0 radical (unpaired) electrons. The van der Waals surface area contributed by atoms with Gasteiger partial charge in [-0.3, -0.25) is 52.9 Å². The van der Waals surface area contributed by atoms with E-state index in [4.69, 9.17) is 28.7 Å². The topological polar surface area (TPSA) is 421 Å². The zero-order valence-corrected chi connectivity index (χ0v) is 51.9. The van der Waals surface area contributed by atoms with E-state index in [1.807, 2.05) is 74.5 Å². The van der Waals surface area contributed by atoms with Crippen LogP contribution in [-0.4, -0.2) is 138 Å². The van der Waals surface area contributed by atoms with Crippen molar-refractivity contribution >= 4 is 65.0 Å². The Balaban J connectivity index is 4.07. The lowest BCUT2D eigenvalue weighted by Crippen LogP contribution is -2.65. The lowest BCUT2D eigenvalue weighted by Gasteiger charge is -2.35. The zero-order valence-electron chi connectivity index (χ0n) is 51.9. The smallest absolute Gasteiger partial charge is 0.246 e. The maximum atomic E-state index is 14.9. The number of hydrogen-bond donors (Lipinski definition) is 14. The Hall–Kier alpha value is -6.37. The molecule has 1 heterocycles. The van der Waals surface area contributed by atoms with Crippen LogP contribution in [0.5, 0.6) is 0 Å². The fraction of sp³-hybridized carbons (Fsp3) is 0.776. The first-order valence-electron chi connectivity index (χ1n) is 30.0. The molecule has 10 amide bonds. The average Bonchev–Trinajstić information content (AvgIpc) is 3.42. The maximum absolute atomic E-state index is 14.9. The summed E-state index contributed by atoms with van der Waals surface area (Å²) in [4.78, 5) is 145. The van der Waals surface area contributed by atoms with E-state index in [0.29, 0.717) is 44.9 Å². The summed E-state index contributed by atoms with van der Waals surface area (Å²) < 4.78 is 0. The number of carbonyl (C=O) groups is 10. The molecule has 0 bridgehead atoms. The summed E-state index contributed by atoms with van der Waals surface area (Å²) in [6.45, 7) is 21.6. The summed E-state index contributed by atoms with van der Waals surface area (Å²) in [5.41, 5.74) is 25.0. The van der Waals surface area contributed by atoms with Gasteiger partial charge in [0.2, 0.25) is 59.1 Å². The van der Waals surface area contributed by atoms with Gasteiger partial charge < -0.3 is 76.5 Å². The largest absolute Gasteiger partial charge is 0.370 e. The number of primary amides is 1. The minimum Gasteiger partial charge on any atom is -0.370 e. The fourth-order valence-corrected chi connectivity index (χ4v) is 9.58. The van der Waals surface area contributed by atoms with Crippen molar-refractivity contribution in [2.75, 3.05) is 19.6 Å². The van der Waals surface area contributed by atoms with Crippen molar-refractivity contribution in [3.63, 3.8) is 0 Å². The summed E-state index contributed by atoms with van der Waals surface area (Å²) in [7, 11) is 0. The van der Waals surface area contributed by atoms with Crippen molar-refractivity contribution in [1.29, 1.82) is 0 Å². The highest BCUT2D eigenvalue weighted by Gasteiger charge is 2.42. The average molecular weight is 1170 g/mol. The van der Waals surface area contributed by atoms with E-state index >= 15 is 0 Å². The predicted octanol–water partition coefficient (Wildman–Crippen LogP) is 0.897. The molecule has 0 aromatic carbocycles. The standard InChI is InChI=1S/C58H107N15O10/c1-13-38(10)46-53(81)66-40(23-18-21-27-59)51(79)72-58(12,55(83)70-43(31-36(6)7)50(78)67-41(47(61)75)29-34(2)3)26-20-17-15-14-16-19-25-57(11,54(82)69-39(48(76)71-46)24-22-28-64-56(62)63)73-52(80)44(32-37(8)9)68-49(77)42(30-35(4)5)65-45(74)33-60/h14-15,34-44,46H,13,16-33,59-60H2,1-12H3,(H2,61,75)(H,65,74)(H,66,81)(H,67,78)(H,68,77)(H,69,82)(H,70,83)(H,71,76)(H,72,79)(H,73,80)(H4,62,63,64)/b15-14-/t38-,39-,40-,41-,42-,43-,44-,46-,57-,58-/m0/s1. The Morgan fingerprint density at radius 1 is 0.614 bits per heavy atom. The van der Waals surface area contributed by atoms with Gasteiger partial charge in [-0.15, -0.1) is 0 Å². The molecule has 19 N–H and O–H groups in total. The summed E-state index contributed by atoms with van der Waals surface area (Å²) in [6, 6.07) is -8.11. The fourth-order valence-electron chi connectivity index (χ4n) is 9.58. The van der Waals surface area contributed by atoms with Crippen molar-refractivity contribution in [2.24, 2.45) is 63.3 Å². The van der Waals surface area contributed by atoms with Crippen LogP contribution in [0.3, 0.4) is 0 Å². The molecule has 0 saturated heterocycles. The molecule has 1 aliphatic rings. The predicted molar refractivity (Wildman–Crippen MR) is 322 cm³/mol. The number of guanidine groups is 1. The highest BCUT2D eigenvalue weighted by atomic mass is 16.2.